The van der Waals surface area contributed by atoms with Gasteiger partial charge < -0.3 is 43.5 Å². The Morgan fingerprint density at radius 3 is 0.894 bits per heavy atom. The summed E-state index contributed by atoms with van der Waals surface area (Å²) in [7, 11) is 2.71. The van der Waals surface area contributed by atoms with Gasteiger partial charge in [-0.15, -0.1) is 0 Å². The zero-order chi connectivity index (χ0) is 79.4. The maximum absolute atomic E-state index is 12.6. The van der Waals surface area contributed by atoms with E-state index in [4.69, 9.17) is 31.0 Å². The standard InChI is InChI=1S/3C13H20N4O3.C13H18N4O3.C2H6O.BH4.Na/c4*1-9(18)6-4-5-7-17-12(19)10-11(14-8-15(10)2)16(3)13(17)20;1-2-3;;/h3*8-9,18H,4-7H2,1-3H3;8H,4-7H2,1-3H3;3H,2H2,1H3;1H4;/q;;;;;-1;+1/t2*9-;;;;;/m10...../s1/i3*2D3,9D;2D3;;1D4;. The fraction of sp³-hybridized carbons (Fsp3) is 0.611. The molecule has 0 aliphatic carbocycles. The SMILES string of the molecule is CCO.[2H]C(C)(O)CCCCn1c(=O)c2c(ncn2C([2H])([2H])[2H])n(C)c1=O.[2H]C([2H])([2H])n1cnc2c1c(=O)n(CCCCC(C)=O)c(=O)n2C.[2H]C([2H])([2H])n1cnc2c1c(=O)n(CCCC[C@@]([2H])(C)O)c(=O)n2C.[2H]C([2H])([2H])n1cnc2c1c(=O)n(CCCC[C@]([2H])(C)O)c(=O)n2C.[2H][B-]([2H])([2H])[2H].[Na+]. The van der Waals surface area contributed by atoms with Gasteiger partial charge in [-0.05, 0) is 105 Å². The van der Waals surface area contributed by atoms with Crippen LogP contribution < -0.4 is 74.6 Å². The second-order valence-corrected chi connectivity index (χ2v) is 19.4. The number of aliphatic hydroxyl groups is 4. The van der Waals surface area contributed by atoms with E-state index < -0.39 is 99.4 Å². The van der Waals surface area contributed by atoms with Crippen molar-refractivity contribution >= 4 is 58.7 Å². The smallest absolute Gasteiger partial charge is 0.397 e. The number of imidazole rings is 4. The van der Waals surface area contributed by atoms with Crippen LogP contribution in [0.5, 0.6) is 0 Å². The minimum Gasteiger partial charge on any atom is -0.397 e. The number of rotatable bonds is 20. The van der Waals surface area contributed by atoms with E-state index in [0.29, 0.717) is 57.8 Å². The summed E-state index contributed by atoms with van der Waals surface area (Å²) < 4.78 is 147. The Morgan fingerprint density at radius 1 is 0.494 bits per heavy atom. The molecule has 85 heavy (non-hydrogen) atoms. The monoisotopic (exact) mass is 1220 g/mol. The molecule has 1 unspecified atom stereocenters. The number of carbonyl (C=O) groups is 1. The number of aliphatic hydroxyl groups excluding tert-OH is 1. The molecule has 0 saturated carbocycles. The van der Waals surface area contributed by atoms with Crippen LogP contribution in [0, 0.1) is 0 Å². The van der Waals surface area contributed by atoms with E-state index in [2.05, 4.69) is 19.9 Å². The van der Waals surface area contributed by atoms with Crippen LogP contribution in [0.3, 0.4) is 0 Å². The number of aromatic nitrogens is 16. The predicted octanol–water partition coefficient (Wildman–Crippen LogP) is -4.30. The molecule has 0 aliphatic rings. The molecular formula is C54H88BN16NaO13. The van der Waals surface area contributed by atoms with Crippen molar-refractivity contribution in [2.24, 2.45) is 56.1 Å². The predicted molar refractivity (Wildman–Crippen MR) is 326 cm³/mol. The topological polar surface area (TPSA) is 345 Å². The Balaban J connectivity index is 0.000000453. The largest absolute Gasteiger partial charge is 1.00 e. The molecule has 8 aromatic heterocycles. The Kier molecular flexibility index (Phi) is 19.5. The molecular weight excluding hydrogens is 1110 g/mol. The Hall–Kier alpha value is -6.83. The molecule has 3 atom stereocenters. The van der Waals surface area contributed by atoms with Gasteiger partial charge in [0.05, 0.1) is 47.7 Å². The zero-order valence-corrected chi connectivity index (χ0v) is 51.5. The Morgan fingerprint density at radius 2 is 0.706 bits per heavy atom. The number of hydrogen-bond acceptors (Lipinski definition) is 17. The van der Waals surface area contributed by atoms with Gasteiger partial charge in [0.25, 0.3) is 22.2 Å². The number of carbonyl (C=O) groups excluding carboxylic acids is 1. The maximum atomic E-state index is 12.6. The van der Waals surface area contributed by atoms with Gasteiger partial charge in [-0.1, -0.05) is 8.27 Å². The number of unbranched alkanes of at least 4 members (excludes halogenated alkanes) is 4. The average Bonchev–Trinajstić information content (AvgIpc) is 1.58. The molecule has 8 aromatic rings. The second kappa shape index (κ2) is 34.4. The minimum atomic E-state index is -3.00. The quantitative estimate of drug-likeness (QED) is 0.0414. The van der Waals surface area contributed by atoms with Crippen molar-refractivity contribution in [3.05, 3.63) is 109 Å². The second-order valence-electron chi connectivity index (χ2n) is 19.4. The fourth-order valence-electron chi connectivity index (χ4n) is 8.46. The third kappa shape index (κ3) is 18.6. The molecule has 0 fully saturated rings. The van der Waals surface area contributed by atoms with Crippen LogP contribution in [0.15, 0.2) is 63.7 Å². The van der Waals surface area contributed by atoms with E-state index in [9.17, 15) is 58.5 Å². The molecule has 0 saturated heterocycles. The molecule has 0 bridgehead atoms. The van der Waals surface area contributed by atoms with Gasteiger partial charge in [0, 0.05) is 112 Å². The molecule has 0 amide bonds. The van der Waals surface area contributed by atoms with Gasteiger partial charge in [-0.25, -0.2) is 44.5 Å². The summed E-state index contributed by atoms with van der Waals surface area (Å²) in [5.41, 5.74) is -5.58. The van der Waals surface area contributed by atoms with E-state index in [-0.39, 0.29) is 132 Å². The van der Waals surface area contributed by atoms with E-state index >= 15 is 0 Å². The van der Waals surface area contributed by atoms with Crippen LogP contribution in [0.2, 0.25) is 0 Å². The van der Waals surface area contributed by atoms with Crippen LogP contribution >= 0.6 is 0 Å². The van der Waals surface area contributed by atoms with Gasteiger partial charge in [0.1, 0.15) is 5.78 Å². The third-order valence-electron chi connectivity index (χ3n) is 12.8. The average molecular weight is 1220 g/mol. The fourth-order valence-corrected chi connectivity index (χ4v) is 8.46. The zero-order valence-electron chi connectivity index (χ0n) is 68.5. The summed E-state index contributed by atoms with van der Waals surface area (Å²) in [6.07, 6.45) is 4.03. The summed E-state index contributed by atoms with van der Waals surface area (Å²) >= 11 is 0. The number of nitrogens with zero attached hydrogens (tertiary/aromatic N) is 16. The van der Waals surface area contributed by atoms with E-state index in [1.54, 1.807) is 6.92 Å². The summed E-state index contributed by atoms with van der Waals surface area (Å²) in [5, 5.41) is 35.7. The number of Topliss-reactive ketones (excluding diaryl/α,β-unsaturated/α-hetero) is 1. The maximum Gasteiger partial charge on any atom is 1.00 e. The van der Waals surface area contributed by atoms with Crippen LogP contribution in [0.1, 0.15) is 132 Å². The van der Waals surface area contributed by atoms with Gasteiger partial charge in [-0.2, -0.15) is 0 Å². The van der Waals surface area contributed by atoms with Crippen LogP contribution in [-0.2, 0) is 87.1 Å². The summed E-state index contributed by atoms with van der Waals surface area (Å²) in [6.45, 7) is -2.45. The first-order chi connectivity index (χ1) is 46.9. The number of fused-ring (bicyclic) bond motifs is 4. The molecule has 4 N–H and O–H groups in total. The first-order valence-electron chi connectivity index (χ1n) is 36.1. The normalized spacial score (nSPS) is 17.1. The van der Waals surface area contributed by atoms with Crippen LogP contribution in [0.4, 0.5) is 0 Å². The summed E-state index contributed by atoms with van der Waals surface area (Å²) in [6, 6.07) is 0. The molecule has 31 heteroatoms. The minimum absolute atomic E-state index is 0. The van der Waals surface area contributed by atoms with E-state index in [0.717, 1.165) is 80.1 Å². The first kappa shape index (κ1) is 48.3. The van der Waals surface area contributed by atoms with Gasteiger partial charge >= 0.3 is 52.3 Å². The van der Waals surface area contributed by atoms with Crippen LogP contribution in [-0.4, -0.2) is 139 Å². The number of hydrogen-bond donors (Lipinski definition) is 4. The third-order valence-corrected chi connectivity index (χ3v) is 12.8. The van der Waals surface area contributed by atoms with Crippen molar-refractivity contribution in [1.82, 2.24) is 74.7 Å². The first-order valence-corrected chi connectivity index (χ1v) is 26.3. The van der Waals surface area contributed by atoms with Gasteiger partial charge in [-0.3, -0.25) is 55.7 Å². The Labute approximate surface area is 540 Å². The molecule has 0 aliphatic heterocycles. The molecule has 8 rings (SSSR count). The van der Waals surface area contributed by atoms with Crippen molar-refractivity contribution in [1.29, 1.82) is 5.34 Å². The van der Waals surface area contributed by atoms with Gasteiger partial charge in [0.15, 0.2) is 44.7 Å². The molecule has 8 heterocycles. The molecule has 466 valence electrons. The van der Waals surface area contributed by atoms with Crippen molar-refractivity contribution in [3.63, 3.8) is 0 Å². The van der Waals surface area contributed by atoms with E-state index in [1.165, 1.54) is 55.9 Å². The van der Waals surface area contributed by atoms with Crippen molar-refractivity contribution in [3.8, 4) is 0 Å². The van der Waals surface area contributed by atoms with Crippen molar-refractivity contribution in [2.75, 3.05) is 6.61 Å². The summed E-state index contributed by atoms with van der Waals surface area (Å²) in [5.74, 6) is 0.0428. The molecule has 29 nitrogen and oxygen atoms in total. The molecule has 0 radical (unpaired) electrons. The molecule has 0 spiro atoms. The van der Waals surface area contributed by atoms with Crippen molar-refractivity contribution in [2.45, 2.75) is 156 Å². The van der Waals surface area contributed by atoms with Crippen LogP contribution in [0.25, 0.3) is 44.7 Å². The summed E-state index contributed by atoms with van der Waals surface area (Å²) in [4.78, 5) is 126. The van der Waals surface area contributed by atoms with E-state index in [1.807, 2.05) is 0 Å². The number of aryl methyl sites for hydroxylation is 8. The molecule has 0 aromatic carbocycles. The van der Waals surface area contributed by atoms with Gasteiger partial charge in [0.2, 0.25) is 0 Å². The van der Waals surface area contributed by atoms with Crippen molar-refractivity contribution < 1.29 is 75.3 Å². The number of ketones is 1. The Bertz CT molecular complexity index is 4390.